The van der Waals surface area contributed by atoms with Crippen molar-refractivity contribution in [3.05, 3.63) is 82.3 Å². The molecule has 2 aliphatic heterocycles. The van der Waals surface area contributed by atoms with Gasteiger partial charge in [-0.15, -0.1) is 0 Å². The fraction of sp³-hybridized carbons (Fsp3) is 0.357. The molecule has 12 heteroatoms. The van der Waals surface area contributed by atoms with E-state index in [1.54, 1.807) is 13.8 Å². The first kappa shape index (κ1) is 29.0. The predicted octanol–water partition coefficient (Wildman–Crippen LogP) is 6.20. The fourth-order valence-corrected chi connectivity index (χ4v) is 5.33. The van der Waals surface area contributed by atoms with Crippen LogP contribution in [0.25, 0.3) is 11.1 Å². The first-order valence-corrected chi connectivity index (χ1v) is 12.5. The van der Waals surface area contributed by atoms with Crippen molar-refractivity contribution in [3.8, 4) is 0 Å². The van der Waals surface area contributed by atoms with Crippen molar-refractivity contribution in [1.82, 2.24) is 9.80 Å². The van der Waals surface area contributed by atoms with E-state index in [4.69, 9.17) is 0 Å². The van der Waals surface area contributed by atoms with Crippen molar-refractivity contribution >= 4 is 23.0 Å². The quantitative estimate of drug-likeness (QED) is 0.390. The molecular formula is C28H26F6N2O4. The van der Waals surface area contributed by atoms with Crippen molar-refractivity contribution in [2.75, 3.05) is 13.1 Å². The van der Waals surface area contributed by atoms with Crippen molar-refractivity contribution in [1.29, 1.82) is 0 Å². The Morgan fingerprint density at radius 2 is 0.925 bits per heavy atom. The number of carbonyl (C=O) groups excluding carboxylic acids is 2. The Balaban J connectivity index is 1.54. The van der Waals surface area contributed by atoms with Gasteiger partial charge < -0.3 is 20.0 Å². The van der Waals surface area contributed by atoms with Gasteiger partial charge in [0.05, 0.1) is 23.2 Å². The van der Waals surface area contributed by atoms with Crippen LogP contribution in [0.4, 0.5) is 26.3 Å². The highest BCUT2D eigenvalue weighted by Gasteiger charge is 2.43. The molecule has 0 saturated heterocycles. The van der Waals surface area contributed by atoms with Crippen LogP contribution < -0.4 is 0 Å². The van der Waals surface area contributed by atoms with E-state index >= 15 is 0 Å². The van der Waals surface area contributed by atoms with Crippen molar-refractivity contribution in [2.24, 2.45) is 0 Å². The molecule has 2 aromatic carbocycles. The number of nitrogens with zero attached hydrogens (tertiary/aromatic N) is 2. The maximum absolute atomic E-state index is 13.0. The molecule has 4 rings (SSSR count). The summed E-state index contributed by atoms with van der Waals surface area (Å²) in [7, 11) is 0. The number of alkyl halides is 6. The van der Waals surface area contributed by atoms with Crippen LogP contribution in [-0.4, -0.2) is 57.0 Å². The SMILES string of the molecule is CCC1C(c2ccc(C(F)(F)F)cc2)=C(O)C(=O)N1CCN1C(=O)C(O)=C(c2ccc(C(F)(F)F)cc2)C1CC. The summed E-state index contributed by atoms with van der Waals surface area (Å²) in [6, 6.07) is 6.82. The lowest BCUT2D eigenvalue weighted by Crippen LogP contribution is -2.44. The summed E-state index contributed by atoms with van der Waals surface area (Å²) in [5.74, 6) is -2.70. The van der Waals surface area contributed by atoms with Gasteiger partial charge in [0.25, 0.3) is 11.8 Å². The minimum absolute atomic E-state index is 0.0681. The summed E-state index contributed by atoms with van der Waals surface area (Å²) in [6.45, 7) is 3.34. The highest BCUT2D eigenvalue weighted by molar-refractivity contribution is 6.06. The minimum Gasteiger partial charge on any atom is -0.503 e. The number of aliphatic hydroxyl groups excluding tert-OH is 2. The number of hydrogen-bond acceptors (Lipinski definition) is 4. The van der Waals surface area contributed by atoms with Crippen LogP contribution in [0.15, 0.2) is 60.0 Å². The zero-order valence-corrected chi connectivity index (χ0v) is 21.5. The van der Waals surface area contributed by atoms with Crippen LogP contribution in [-0.2, 0) is 21.9 Å². The van der Waals surface area contributed by atoms with Gasteiger partial charge in [-0.05, 0) is 48.2 Å². The third kappa shape index (κ3) is 5.14. The number of rotatable bonds is 7. The summed E-state index contributed by atoms with van der Waals surface area (Å²) < 4.78 is 77.9. The number of aliphatic hydroxyl groups is 2. The van der Waals surface area contributed by atoms with Crippen LogP contribution in [0.2, 0.25) is 0 Å². The first-order valence-electron chi connectivity index (χ1n) is 12.5. The molecule has 214 valence electrons. The van der Waals surface area contributed by atoms with Gasteiger partial charge in [0, 0.05) is 24.2 Å². The van der Waals surface area contributed by atoms with Crippen LogP contribution >= 0.6 is 0 Å². The average Bonchev–Trinajstić information content (AvgIpc) is 3.29. The minimum atomic E-state index is -4.55. The largest absolute Gasteiger partial charge is 0.503 e. The van der Waals surface area contributed by atoms with Gasteiger partial charge in [-0.3, -0.25) is 9.59 Å². The molecular weight excluding hydrogens is 542 g/mol. The highest BCUT2D eigenvalue weighted by Crippen LogP contribution is 2.39. The molecule has 2 aliphatic rings. The molecule has 0 bridgehead atoms. The lowest BCUT2D eigenvalue weighted by molar-refractivity contribution is -0.138. The molecule has 0 radical (unpaired) electrons. The summed E-state index contributed by atoms with van der Waals surface area (Å²) in [5.41, 5.74) is -0.902. The zero-order chi connectivity index (χ0) is 29.6. The summed E-state index contributed by atoms with van der Waals surface area (Å²) in [4.78, 5) is 28.6. The van der Waals surface area contributed by atoms with Crippen LogP contribution in [0.3, 0.4) is 0 Å². The molecule has 40 heavy (non-hydrogen) atoms. The van der Waals surface area contributed by atoms with E-state index in [1.807, 2.05) is 0 Å². The standard InChI is InChI=1S/C28H26F6N2O4/c1-3-19-21(15-5-9-17(10-6-15)27(29,30)31)23(37)25(39)35(19)13-14-36-20(4-2)22(24(38)26(36)40)16-7-11-18(12-8-16)28(32,33)34/h5-12,19-20,37-38H,3-4,13-14H2,1-2H3. The second-order valence-corrected chi connectivity index (χ2v) is 9.52. The van der Waals surface area contributed by atoms with E-state index < -0.39 is 58.9 Å². The van der Waals surface area contributed by atoms with Crippen LogP contribution in [0, 0.1) is 0 Å². The Bertz CT molecular complexity index is 1260. The van der Waals surface area contributed by atoms with E-state index in [0.29, 0.717) is 12.8 Å². The monoisotopic (exact) mass is 568 g/mol. The predicted molar refractivity (Wildman–Crippen MR) is 134 cm³/mol. The summed E-state index contributed by atoms with van der Waals surface area (Å²) in [6.07, 6.45) is -8.46. The van der Waals surface area contributed by atoms with Crippen LogP contribution in [0.5, 0.6) is 0 Å². The maximum Gasteiger partial charge on any atom is 0.416 e. The Morgan fingerprint density at radius 1 is 0.625 bits per heavy atom. The number of carbonyl (C=O) groups is 2. The average molecular weight is 569 g/mol. The normalized spacial score (nSPS) is 20.4. The Kier molecular flexibility index (Phi) is 7.66. The van der Waals surface area contributed by atoms with Gasteiger partial charge in [-0.25, -0.2) is 0 Å². The van der Waals surface area contributed by atoms with Gasteiger partial charge >= 0.3 is 12.4 Å². The Labute approximate surface area is 225 Å². The van der Waals surface area contributed by atoms with Gasteiger partial charge in [-0.2, -0.15) is 26.3 Å². The lowest BCUT2D eigenvalue weighted by Gasteiger charge is -2.31. The molecule has 2 atom stereocenters. The molecule has 0 fully saturated rings. The smallest absolute Gasteiger partial charge is 0.416 e. The third-order valence-corrected chi connectivity index (χ3v) is 7.26. The topological polar surface area (TPSA) is 81.1 Å². The molecule has 2 aromatic rings. The molecule has 2 unspecified atom stereocenters. The maximum atomic E-state index is 13.0. The number of benzene rings is 2. The van der Waals surface area contributed by atoms with Crippen LogP contribution in [0.1, 0.15) is 48.9 Å². The number of amides is 2. The highest BCUT2D eigenvalue weighted by atomic mass is 19.4. The van der Waals surface area contributed by atoms with Crippen molar-refractivity contribution < 1.29 is 46.1 Å². The fourth-order valence-electron chi connectivity index (χ4n) is 5.33. The molecule has 0 aliphatic carbocycles. The van der Waals surface area contributed by atoms with Gasteiger partial charge in [0.2, 0.25) is 0 Å². The van der Waals surface area contributed by atoms with Crippen molar-refractivity contribution in [3.63, 3.8) is 0 Å². The van der Waals surface area contributed by atoms with Crippen molar-refractivity contribution in [2.45, 2.75) is 51.1 Å². The molecule has 2 amide bonds. The van der Waals surface area contributed by atoms with E-state index in [0.717, 1.165) is 24.3 Å². The van der Waals surface area contributed by atoms with Gasteiger partial charge in [-0.1, -0.05) is 38.1 Å². The Morgan fingerprint density at radius 3 is 1.18 bits per heavy atom. The molecule has 0 spiro atoms. The molecule has 2 N–H and O–H groups in total. The van der Waals surface area contributed by atoms with E-state index in [2.05, 4.69) is 0 Å². The molecule has 0 aromatic heterocycles. The first-order chi connectivity index (χ1) is 18.7. The lowest BCUT2D eigenvalue weighted by atomic mass is 9.96. The second kappa shape index (κ2) is 10.5. The van der Waals surface area contributed by atoms with E-state index in [1.165, 1.54) is 34.1 Å². The number of hydrogen-bond donors (Lipinski definition) is 2. The summed E-state index contributed by atoms with van der Waals surface area (Å²) >= 11 is 0. The second-order valence-electron chi connectivity index (χ2n) is 9.52. The van der Waals surface area contributed by atoms with Gasteiger partial charge in [0.15, 0.2) is 11.5 Å². The third-order valence-electron chi connectivity index (χ3n) is 7.26. The zero-order valence-electron chi connectivity index (χ0n) is 21.5. The van der Waals surface area contributed by atoms with E-state index in [-0.39, 0.29) is 35.4 Å². The molecule has 2 heterocycles. The number of halogens is 6. The Hall–Kier alpha value is -3.96. The van der Waals surface area contributed by atoms with E-state index in [9.17, 15) is 46.1 Å². The van der Waals surface area contributed by atoms with Gasteiger partial charge in [0.1, 0.15) is 0 Å². The molecule has 0 saturated carbocycles. The molecule has 6 nitrogen and oxygen atoms in total. The summed E-state index contributed by atoms with van der Waals surface area (Å²) in [5, 5.41) is 21.2.